The molecule has 0 unspecified atom stereocenters. The largest absolute Gasteiger partial charge is 0.497 e. The molecule has 2 aromatic carbocycles. The summed E-state index contributed by atoms with van der Waals surface area (Å²) < 4.78 is 27.3. The number of rotatable bonds is 11. The summed E-state index contributed by atoms with van der Waals surface area (Å²) in [6.45, 7) is 3.17. The van der Waals surface area contributed by atoms with E-state index >= 15 is 0 Å². The first-order valence-electron chi connectivity index (χ1n) is 12.4. The molecule has 0 aliphatic heterocycles. The molecule has 36 heavy (non-hydrogen) atoms. The van der Waals surface area contributed by atoms with Gasteiger partial charge in [-0.3, -0.25) is 4.68 Å². The average molecular weight is 513 g/mol. The van der Waals surface area contributed by atoms with Gasteiger partial charge < -0.3 is 14.6 Å². The topological polar surface area (TPSA) is 73.6 Å². The Hall–Kier alpha value is -2.84. The molecule has 8 heteroatoms. The summed E-state index contributed by atoms with van der Waals surface area (Å²) in [4.78, 5) is 10.7. The van der Waals surface area contributed by atoms with Crippen LogP contribution in [0.4, 0.5) is 4.39 Å². The normalized spacial score (nSPS) is 17.8. The van der Waals surface area contributed by atoms with Crippen molar-refractivity contribution >= 4 is 17.7 Å². The van der Waals surface area contributed by atoms with Gasteiger partial charge in [-0.15, -0.1) is 11.8 Å². The number of halogens is 1. The van der Waals surface area contributed by atoms with E-state index in [2.05, 4.69) is 11.6 Å². The molecular formula is C28H33FN2O4S. The van der Waals surface area contributed by atoms with E-state index in [0.717, 1.165) is 65.4 Å². The zero-order valence-corrected chi connectivity index (χ0v) is 21.6. The van der Waals surface area contributed by atoms with Crippen LogP contribution in [0.2, 0.25) is 0 Å². The number of carbonyl (C=O) groups is 1. The average Bonchev–Trinajstić information content (AvgIpc) is 3.23. The van der Waals surface area contributed by atoms with Crippen molar-refractivity contribution in [3.8, 4) is 28.1 Å². The lowest BCUT2D eigenvalue weighted by molar-refractivity contribution is -0.142. The Balaban J connectivity index is 1.63. The first-order chi connectivity index (χ1) is 17.5. The fraction of sp³-hybridized carbons (Fsp3) is 0.429. The molecule has 6 nitrogen and oxygen atoms in total. The molecule has 1 heterocycles. The summed E-state index contributed by atoms with van der Waals surface area (Å²) in [5.74, 6) is 0.949. The monoisotopic (exact) mass is 512 g/mol. The Morgan fingerprint density at radius 3 is 2.50 bits per heavy atom. The standard InChI is InChI=1S/C28H33FN2O4S/c1-3-36-28-26(22-13-23(29)15-24(14-22)34-2)27(21-7-5-4-6-8-21)30-31(28)16-19-9-11-20(12-10-19)17-35-18-25(32)33/h4-8,13-15,19-20H,3,9-12,16-18H2,1-2H3,(H,32,33)/t19-,20+. The number of methoxy groups -OCH3 is 1. The van der Waals surface area contributed by atoms with Crippen molar-refractivity contribution in [1.29, 1.82) is 0 Å². The van der Waals surface area contributed by atoms with Crippen molar-refractivity contribution in [2.24, 2.45) is 11.8 Å². The van der Waals surface area contributed by atoms with Crippen molar-refractivity contribution in [2.75, 3.05) is 26.1 Å². The molecule has 0 saturated heterocycles. The third-order valence-electron chi connectivity index (χ3n) is 6.61. The fourth-order valence-electron chi connectivity index (χ4n) is 4.87. The van der Waals surface area contributed by atoms with Crippen molar-refractivity contribution in [1.82, 2.24) is 9.78 Å². The zero-order valence-electron chi connectivity index (χ0n) is 20.8. The van der Waals surface area contributed by atoms with Gasteiger partial charge in [0, 0.05) is 23.7 Å². The van der Waals surface area contributed by atoms with Gasteiger partial charge in [0.25, 0.3) is 0 Å². The van der Waals surface area contributed by atoms with Crippen LogP contribution in [0.1, 0.15) is 32.6 Å². The Kier molecular flexibility index (Phi) is 9.04. The van der Waals surface area contributed by atoms with Crippen molar-refractivity contribution in [3.05, 3.63) is 54.3 Å². The van der Waals surface area contributed by atoms with Crippen LogP contribution in [-0.4, -0.2) is 46.9 Å². The number of benzene rings is 2. The van der Waals surface area contributed by atoms with Gasteiger partial charge in [0.2, 0.25) is 0 Å². The summed E-state index contributed by atoms with van der Waals surface area (Å²) >= 11 is 1.72. The van der Waals surface area contributed by atoms with Gasteiger partial charge >= 0.3 is 5.97 Å². The summed E-state index contributed by atoms with van der Waals surface area (Å²) in [7, 11) is 1.55. The highest BCUT2D eigenvalue weighted by molar-refractivity contribution is 7.99. The second kappa shape index (κ2) is 12.4. The third kappa shape index (κ3) is 6.48. The van der Waals surface area contributed by atoms with E-state index in [4.69, 9.17) is 19.7 Å². The Morgan fingerprint density at radius 2 is 1.83 bits per heavy atom. The minimum atomic E-state index is -0.927. The lowest BCUT2D eigenvalue weighted by Gasteiger charge is -2.28. The summed E-state index contributed by atoms with van der Waals surface area (Å²) in [6, 6.07) is 14.9. The number of aliphatic carboxylic acids is 1. The van der Waals surface area contributed by atoms with E-state index in [9.17, 15) is 9.18 Å². The molecule has 0 amide bonds. The fourth-order valence-corrected chi connectivity index (χ4v) is 5.77. The number of thioether (sulfide) groups is 1. The van der Waals surface area contributed by atoms with E-state index < -0.39 is 5.97 Å². The van der Waals surface area contributed by atoms with E-state index in [0.29, 0.717) is 24.2 Å². The maximum atomic E-state index is 14.5. The Labute approximate surface area is 215 Å². The third-order valence-corrected chi connectivity index (χ3v) is 7.58. The van der Waals surface area contributed by atoms with E-state index in [1.54, 1.807) is 24.9 Å². The van der Waals surface area contributed by atoms with Crippen molar-refractivity contribution in [3.63, 3.8) is 0 Å². The predicted molar refractivity (Wildman–Crippen MR) is 140 cm³/mol. The zero-order chi connectivity index (χ0) is 25.5. The van der Waals surface area contributed by atoms with Crippen LogP contribution in [-0.2, 0) is 16.1 Å². The predicted octanol–water partition coefficient (Wildman–Crippen LogP) is 6.38. The van der Waals surface area contributed by atoms with E-state index in [1.165, 1.54) is 6.07 Å². The number of aromatic nitrogens is 2. The first kappa shape index (κ1) is 26.2. The number of nitrogens with zero attached hydrogens (tertiary/aromatic N) is 2. The van der Waals surface area contributed by atoms with Crippen LogP contribution in [0, 0.1) is 17.7 Å². The van der Waals surface area contributed by atoms with Gasteiger partial charge in [0.15, 0.2) is 0 Å². The van der Waals surface area contributed by atoms with Gasteiger partial charge in [-0.25, -0.2) is 9.18 Å². The minimum absolute atomic E-state index is 0.235. The number of ether oxygens (including phenoxy) is 2. The van der Waals surface area contributed by atoms with Crippen LogP contribution in [0.3, 0.4) is 0 Å². The van der Waals surface area contributed by atoms with Gasteiger partial charge in [-0.1, -0.05) is 37.3 Å². The molecule has 0 spiro atoms. The molecule has 0 radical (unpaired) electrons. The lowest BCUT2D eigenvalue weighted by atomic mass is 9.82. The van der Waals surface area contributed by atoms with Crippen LogP contribution in [0.5, 0.6) is 5.75 Å². The molecule has 0 atom stereocenters. The second-order valence-corrected chi connectivity index (χ2v) is 10.4. The van der Waals surface area contributed by atoms with Gasteiger partial charge in [-0.2, -0.15) is 5.10 Å². The van der Waals surface area contributed by atoms with Gasteiger partial charge in [0.1, 0.15) is 28.9 Å². The van der Waals surface area contributed by atoms with Gasteiger partial charge in [-0.05, 0) is 61.0 Å². The SMILES string of the molecule is CCSc1c(-c2cc(F)cc(OC)c2)c(-c2ccccc2)nn1C[C@H]1CC[C@@H](COCC(=O)O)CC1. The van der Waals surface area contributed by atoms with Crippen LogP contribution in [0.25, 0.3) is 22.4 Å². The summed E-state index contributed by atoms with van der Waals surface area (Å²) in [5, 5.41) is 14.9. The molecule has 0 bridgehead atoms. The summed E-state index contributed by atoms with van der Waals surface area (Å²) in [5.41, 5.74) is 3.52. The van der Waals surface area contributed by atoms with E-state index in [1.807, 2.05) is 36.4 Å². The molecular weight excluding hydrogens is 479 g/mol. The molecule has 3 aromatic rings. The smallest absolute Gasteiger partial charge is 0.329 e. The molecule has 1 saturated carbocycles. The molecule has 1 aliphatic carbocycles. The quantitative estimate of drug-likeness (QED) is 0.300. The van der Waals surface area contributed by atoms with Crippen LogP contribution in [0.15, 0.2) is 53.6 Å². The molecule has 4 rings (SSSR count). The molecule has 1 fully saturated rings. The van der Waals surface area contributed by atoms with Crippen LogP contribution >= 0.6 is 11.8 Å². The first-order valence-corrected chi connectivity index (χ1v) is 13.4. The maximum absolute atomic E-state index is 14.5. The van der Waals surface area contributed by atoms with Gasteiger partial charge in [0.05, 0.1) is 13.7 Å². The highest BCUT2D eigenvalue weighted by Crippen LogP contribution is 2.42. The summed E-state index contributed by atoms with van der Waals surface area (Å²) in [6.07, 6.45) is 4.12. The number of hydrogen-bond donors (Lipinski definition) is 1. The Bertz CT molecular complexity index is 1160. The minimum Gasteiger partial charge on any atom is -0.497 e. The molecule has 1 aromatic heterocycles. The Morgan fingerprint density at radius 1 is 1.11 bits per heavy atom. The molecule has 1 aliphatic rings. The number of carboxylic acids is 1. The highest BCUT2D eigenvalue weighted by Gasteiger charge is 2.26. The number of hydrogen-bond acceptors (Lipinski definition) is 5. The number of carboxylic acid groups (broad SMARTS) is 1. The maximum Gasteiger partial charge on any atom is 0.329 e. The van der Waals surface area contributed by atoms with Crippen molar-refractivity contribution in [2.45, 2.75) is 44.2 Å². The van der Waals surface area contributed by atoms with E-state index in [-0.39, 0.29) is 12.4 Å². The molecule has 192 valence electrons. The van der Waals surface area contributed by atoms with Crippen molar-refractivity contribution < 1.29 is 23.8 Å². The molecule has 1 N–H and O–H groups in total. The van der Waals surface area contributed by atoms with Crippen LogP contribution < -0.4 is 4.74 Å². The second-order valence-electron chi connectivity index (χ2n) is 9.19. The lowest BCUT2D eigenvalue weighted by Crippen LogP contribution is -2.23. The highest BCUT2D eigenvalue weighted by atomic mass is 32.2.